The molecule has 9 rings (SSSR count). The number of thioether (sulfide) groups is 1. The highest BCUT2D eigenvalue weighted by Crippen LogP contribution is 2.76. The second-order valence-corrected chi connectivity index (χ2v) is 19.3. The molecule has 10 nitrogen and oxygen atoms in total. The first-order valence-electron chi connectivity index (χ1n) is 18.6. The van der Waals surface area contributed by atoms with Crippen LogP contribution in [0.4, 0.5) is 4.79 Å². The lowest BCUT2D eigenvalue weighted by Crippen LogP contribution is -2.42. The highest BCUT2D eigenvalue weighted by Gasteiger charge is 2.73. The Labute approximate surface area is 309 Å². The number of aromatic nitrogens is 4. The summed E-state index contributed by atoms with van der Waals surface area (Å²) >= 11 is 1.82. The molecule has 4 aromatic rings. The summed E-state index contributed by atoms with van der Waals surface area (Å²) in [6.45, 7) is 13.3. The zero-order valence-electron chi connectivity index (χ0n) is 30.9. The summed E-state index contributed by atoms with van der Waals surface area (Å²) in [5.41, 5.74) is 5.19. The molecule has 2 aliphatic carbocycles. The van der Waals surface area contributed by atoms with E-state index < -0.39 is 17.6 Å². The maximum Gasteiger partial charge on any atom is 0.411 e. The number of ether oxygens (including phenoxy) is 2. The standard InChI is InChI=1S/C41H48N6O4S/c1-37(2,3)50-35(48)46-23-39(15-16-39)20-31(46)33-42-21-30(45-33)27-12-9-25(10-13-27)7-8-26-11-14-28-29(19-26)44-34(43-28)32-41(52-32)22-40(17-18-40)24-47(41)36(49)51-38(4,5)6/h9-14,19,21,31-32,35,48H,15-18,20,22-24H2,1-6H3,(H,42,45)(H,43,44)/t31-,32?,35?,41-/m0/s1. The van der Waals surface area contributed by atoms with Crippen molar-refractivity contribution in [2.45, 2.75) is 114 Å². The Hall–Kier alpha value is -3.82. The maximum absolute atomic E-state index is 13.3. The van der Waals surface area contributed by atoms with Gasteiger partial charge in [-0.3, -0.25) is 4.90 Å². The molecule has 2 aromatic carbocycles. The van der Waals surface area contributed by atoms with E-state index >= 15 is 0 Å². The molecular weight excluding hydrogens is 673 g/mol. The number of fused-ring (bicyclic) bond motifs is 1. The number of hydrogen-bond donors (Lipinski definition) is 3. The highest BCUT2D eigenvalue weighted by atomic mass is 32.2. The van der Waals surface area contributed by atoms with Crippen LogP contribution in [-0.2, 0) is 9.47 Å². The summed E-state index contributed by atoms with van der Waals surface area (Å²) in [5, 5.41) is 11.1. The molecule has 272 valence electrons. The van der Waals surface area contributed by atoms with Crippen molar-refractivity contribution < 1.29 is 19.4 Å². The number of rotatable bonds is 5. The molecule has 3 N–H and O–H groups in total. The van der Waals surface area contributed by atoms with Crippen LogP contribution in [0.15, 0.2) is 48.7 Å². The highest BCUT2D eigenvalue weighted by molar-refractivity contribution is 8.08. The zero-order valence-corrected chi connectivity index (χ0v) is 31.7. The largest absolute Gasteiger partial charge is 0.444 e. The van der Waals surface area contributed by atoms with Gasteiger partial charge in [-0.1, -0.05) is 24.0 Å². The Bertz CT molecular complexity index is 2110. The number of hydrogen-bond acceptors (Lipinski definition) is 8. The van der Waals surface area contributed by atoms with Crippen LogP contribution in [-0.4, -0.2) is 76.5 Å². The van der Waals surface area contributed by atoms with Crippen LogP contribution in [0.25, 0.3) is 22.3 Å². The topological polar surface area (TPSA) is 120 Å². The second-order valence-electron chi connectivity index (χ2n) is 17.9. The van der Waals surface area contributed by atoms with Gasteiger partial charge in [0.2, 0.25) is 6.41 Å². The van der Waals surface area contributed by atoms with Crippen LogP contribution in [0.1, 0.15) is 114 Å². The van der Waals surface area contributed by atoms with E-state index in [4.69, 9.17) is 19.4 Å². The van der Waals surface area contributed by atoms with Crippen molar-refractivity contribution >= 4 is 28.9 Å². The van der Waals surface area contributed by atoms with E-state index in [9.17, 15) is 9.90 Å². The van der Waals surface area contributed by atoms with Crippen molar-refractivity contribution in [3.05, 3.63) is 71.4 Å². The quantitative estimate of drug-likeness (QED) is 0.108. The van der Waals surface area contributed by atoms with Gasteiger partial charge in [-0.15, -0.1) is 11.8 Å². The number of H-pyrrole nitrogens is 2. The zero-order chi connectivity index (χ0) is 36.3. The predicted octanol–water partition coefficient (Wildman–Crippen LogP) is 7.88. The fraction of sp³-hybridized carbons (Fsp3) is 0.537. The summed E-state index contributed by atoms with van der Waals surface area (Å²) in [7, 11) is 0. The summed E-state index contributed by atoms with van der Waals surface area (Å²) in [4.78, 5) is 33.9. The van der Waals surface area contributed by atoms with Gasteiger partial charge in [0.15, 0.2) is 0 Å². The van der Waals surface area contributed by atoms with Gasteiger partial charge in [-0.2, -0.15) is 0 Å². The van der Waals surface area contributed by atoms with E-state index in [0.29, 0.717) is 0 Å². The van der Waals surface area contributed by atoms with E-state index in [2.05, 4.69) is 44.9 Å². The molecule has 1 amide bonds. The first kappa shape index (κ1) is 34.0. The van der Waals surface area contributed by atoms with Crippen molar-refractivity contribution in [3.8, 4) is 23.1 Å². The fourth-order valence-electron chi connectivity index (χ4n) is 8.24. The lowest BCUT2D eigenvalue weighted by molar-refractivity contribution is -0.244. The molecule has 11 heteroatoms. The molecule has 0 radical (unpaired) electrons. The van der Waals surface area contributed by atoms with Crippen LogP contribution in [0.3, 0.4) is 0 Å². The SMILES string of the molecule is CC(C)(C)OC(=O)N1CC2(CC2)C[C@@]12SC2c1nc2ccc(C#Cc3ccc(-c4cnc([C@@H]5CC6(CC6)CN5C(O)OC(C)(C)C)[nH]4)cc3)cc2[nH]1. The molecule has 5 aliphatic rings. The third-order valence-electron chi connectivity index (χ3n) is 11.3. The monoisotopic (exact) mass is 720 g/mol. The third-order valence-corrected chi connectivity index (χ3v) is 12.9. The summed E-state index contributed by atoms with van der Waals surface area (Å²) in [5.74, 6) is 8.43. The van der Waals surface area contributed by atoms with Crippen LogP contribution >= 0.6 is 11.8 Å². The van der Waals surface area contributed by atoms with Crippen molar-refractivity contribution in [3.63, 3.8) is 0 Å². The van der Waals surface area contributed by atoms with E-state index in [1.165, 1.54) is 25.7 Å². The number of imidazole rings is 2. The number of nitrogens with zero attached hydrogens (tertiary/aromatic N) is 4. The molecule has 2 aromatic heterocycles. The first-order chi connectivity index (χ1) is 24.6. The van der Waals surface area contributed by atoms with Gasteiger partial charge in [0, 0.05) is 24.2 Å². The van der Waals surface area contributed by atoms with E-state index in [-0.39, 0.29) is 33.1 Å². The van der Waals surface area contributed by atoms with Crippen LogP contribution < -0.4 is 0 Å². The number of likely N-dealkylation sites (tertiary alicyclic amines) is 2. The smallest absolute Gasteiger partial charge is 0.411 e. The number of benzene rings is 2. The molecule has 5 fully saturated rings. The summed E-state index contributed by atoms with van der Waals surface area (Å²) in [6.07, 6.45) is 7.39. The number of aromatic amines is 2. The number of nitrogens with one attached hydrogen (secondary N) is 2. The Kier molecular flexibility index (Phi) is 7.57. The second kappa shape index (κ2) is 11.6. The van der Waals surface area contributed by atoms with Gasteiger partial charge in [0.1, 0.15) is 22.1 Å². The van der Waals surface area contributed by atoms with Gasteiger partial charge in [-0.25, -0.2) is 19.7 Å². The molecule has 2 unspecified atom stereocenters. The minimum atomic E-state index is -0.972. The average molecular weight is 721 g/mol. The van der Waals surface area contributed by atoms with Crippen molar-refractivity contribution in [1.82, 2.24) is 29.7 Å². The van der Waals surface area contributed by atoms with Gasteiger partial charge < -0.3 is 24.5 Å². The number of carbonyl (C=O) groups is 1. The Balaban J connectivity index is 0.879. The van der Waals surface area contributed by atoms with Crippen LogP contribution in [0, 0.1) is 22.7 Å². The predicted molar refractivity (Wildman–Crippen MR) is 201 cm³/mol. The van der Waals surface area contributed by atoms with E-state index in [1.807, 2.05) is 88.7 Å². The molecule has 52 heavy (non-hydrogen) atoms. The lowest BCUT2D eigenvalue weighted by atomic mass is 10.0. The fourth-order valence-corrected chi connectivity index (χ4v) is 9.79. The lowest BCUT2D eigenvalue weighted by Gasteiger charge is -2.32. The molecule has 4 atom stereocenters. The average Bonchev–Trinajstić information content (AvgIpc) is 3.95. The number of amides is 1. The maximum atomic E-state index is 13.3. The Morgan fingerprint density at radius 2 is 1.65 bits per heavy atom. The Morgan fingerprint density at radius 1 is 0.942 bits per heavy atom. The van der Waals surface area contributed by atoms with Gasteiger partial charge >= 0.3 is 6.09 Å². The molecular formula is C41H48N6O4S. The first-order valence-corrected chi connectivity index (χ1v) is 19.5. The van der Waals surface area contributed by atoms with Gasteiger partial charge in [0.05, 0.1) is 39.8 Å². The molecule has 3 spiro atoms. The van der Waals surface area contributed by atoms with Crippen molar-refractivity contribution in [2.75, 3.05) is 13.1 Å². The minimum absolute atomic E-state index is 0.0179. The number of carbonyl (C=O) groups excluding carboxylic acids is 1. The summed E-state index contributed by atoms with van der Waals surface area (Å²) < 4.78 is 11.8. The van der Waals surface area contributed by atoms with Gasteiger partial charge in [-0.05, 0) is 127 Å². The molecule has 0 bridgehead atoms. The van der Waals surface area contributed by atoms with E-state index in [1.54, 1.807) is 0 Å². The number of aliphatic hydroxyl groups excluding tert-OH is 1. The molecule has 3 saturated heterocycles. The third kappa shape index (κ3) is 6.42. The molecule has 5 heterocycles. The van der Waals surface area contributed by atoms with Crippen LogP contribution in [0.2, 0.25) is 0 Å². The number of aliphatic hydroxyl groups is 1. The van der Waals surface area contributed by atoms with Crippen molar-refractivity contribution in [2.24, 2.45) is 10.8 Å². The molecule has 2 saturated carbocycles. The van der Waals surface area contributed by atoms with Crippen molar-refractivity contribution in [1.29, 1.82) is 0 Å². The normalized spacial score (nSPS) is 26.2. The van der Waals surface area contributed by atoms with Crippen LogP contribution in [0.5, 0.6) is 0 Å². The Morgan fingerprint density at radius 3 is 2.35 bits per heavy atom. The summed E-state index contributed by atoms with van der Waals surface area (Å²) in [6, 6.07) is 14.3. The van der Waals surface area contributed by atoms with Gasteiger partial charge in [0.25, 0.3) is 0 Å². The van der Waals surface area contributed by atoms with E-state index in [0.717, 1.165) is 71.0 Å². The minimum Gasteiger partial charge on any atom is -0.444 e. The molecule has 3 aliphatic heterocycles.